The van der Waals surface area contributed by atoms with Crippen LogP contribution >= 0.6 is 0 Å². The van der Waals surface area contributed by atoms with Gasteiger partial charge in [0.2, 0.25) is 0 Å². The van der Waals surface area contributed by atoms with Crippen LogP contribution in [0.25, 0.3) is 0 Å². The second-order valence-corrected chi connectivity index (χ2v) is 3.50. The summed E-state index contributed by atoms with van der Waals surface area (Å²) in [6, 6.07) is 0. The Kier molecular flexibility index (Phi) is 1.48. The molecule has 0 aromatic rings. The van der Waals surface area contributed by atoms with Crippen molar-refractivity contribution in [3.8, 4) is 0 Å². The summed E-state index contributed by atoms with van der Waals surface area (Å²) in [6.45, 7) is 0. The molecule has 0 atom stereocenters. The fraction of sp³-hybridized carbons (Fsp3) is 0.667. The molecule has 0 unspecified atom stereocenters. The van der Waals surface area contributed by atoms with E-state index in [4.69, 9.17) is 0 Å². The Morgan fingerprint density at radius 1 is 1.36 bits per heavy atom. The molecule has 60 valence electrons. The molecule has 1 saturated carbocycles. The Balaban J connectivity index is 2.07. The van der Waals surface area contributed by atoms with E-state index in [1.54, 1.807) is 0 Å². The van der Waals surface area contributed by atoms with E-state index in [2.05, 4.69) is 0 Å². The maximum Gasteiger partial charge on any atom is 0.162 e. The minimum Gasteiger partial charge on any atom is -0.512 e. The first-order valence-electron chi connectivity index (χ1n) is 4.21. The third-order valence-electron chi connectivity index (χ3n) is 2.46. The van der Waals surface area contributed by atoms with Gasteiger partial charge in [0, 0.05) is 18.4 Å². The van der Waals surface area contributed by atoms with Gasteiger partial charge in [-0.15, -0.1) is 0 Å². The van der Waals surface area contributed by atoms with Gasteiger partial charge in [-0.1, -0.05) is 0 Å². The average Bonchev–Trinajstić information content (AvgIpc) is 2.73. The zero-order chi connectivity index (χ0) is 7.84. The molecule has 2 rings (SSSR count). The number of carbonyl (C=O) groups excluding carboxylic acids is 1. The first-order valence-corrected chi connectivity index (χ1v) is 4.21. The number of carbonyl (C=O) groups is 1. The molecule has 0 aliphatic heterocycles. The molecule has 2 heteroatoms. The van der Waals surface area contributed by atoms with Crippen molar-refractivity contribution >= 4 is 5.78 Å². The van der Waals surface area contributed by atoms with Crippen molar-refractivity contribution in [1.82, 2.24) is 0 Å². The van der Waals surface area contributed by atoms with Crippen molar-refractivity contribution in [2.24, 2.45) is 5.92 Å². The molecule has 0 bridgehead atoms. The van der Waals surface area contributed by atoms with Crippen LogP contribution in [0.15, 0.2) is 11.3 Å². The number of aliphatic hydroxyl groups excluding tert-OH is 1. The monoisotopic (exact) mass is 152 g/mol. The number of hydrogen-bond donors (Lipinski definition) is 1. The lowest BCUT2D eigenvalue weighted by atomic mass is 10.1. The summed E-state index contributed by atoms with van der Waals surface area (Å²) in [4.78, 5) is 11.1. The Hall–Kier alpha value is -0.790. The highest BCUT2D eigenvalue weighted by molar-refractivity contribution is 5.98. The van der Waals surface area contributed by atoms with Gasteiger partial charge >= 0.3 is 0 Å². The van der Waals surface area contributed by atoms with Gasteiger partial charge in [0.25, 0.3) is 0 Å². The Morgan fingerprint density at radius 3 is 2.55 bits per heavy atom. The van der Waals surface area contributed by atoms with Crippen LogP contribution < -0.4 is 0 Å². The molecule has 0 amide bonds. The second kappa shape index (κ2) is 2.36. The van der Waals surface area contributed by atoms with Crippen molar-refractivity contribution in [2.45, 2.75) is 32.1 Å². The predicted octanol–water partition coefficient (Wildman–Crippen LogP) is 1.96. The van der Waals surface area contributed by atoms with E-state index >= 15 is 0 Å². The van der Waals surface area contributed by atoms with E-state index in [0.29, 0.717) is 24.5 Å². The molecule has 11 heavy (non-hydrogen) atoms. The number of aliphatic hydroxyl groups is 1. The summed E-state index contributed by atoms with van der Waals surface area (Å²) < 4.78 is 0. The van der Waals surface area contributed by atoms with Crippen LogP contribution in [0.2, 0.25) is 0 Å². The number of ketones is 1. The molecule has 0 radical (unpaired) electrons. The second-order valence-electron chi connectivity index (χ2n) is 3.50. The van der Waals surface area contributed by atoms with E-state index in [1.807, 2.05) is 0 Å². The standard InChI is InChI=1S/C9H12O2/c10-8-3-4-9(11)7(8)5-6-1-2-6/h6,10H,1-5H2. The first-order chi connectivity index (χ1) is 5.27. The molecule has 0 spiro atoms. The molecule has 2 aliphatic rings. The Bertz CT molecular complexity index is 224. The van der Waals surface area contributed by atoms with Crippen molar-refractivity contribution in [2.75, 3.05) is 0 Å². The molecular formula is C9H12O2. The third kappa shape index (κ3) is 1.30. The van der Waals surface area contributed by atoms with Crippen LogP contribution in [0, 0.1) is 5.92 Å². The van der Waals surface area contributed by atoms with Crippen LogP contribution in [-0.2, 0) is 4.79 Å². The minimum absolute atomic E-state index is 0.175. The zero-order valence-corrected chi connectivity index (χ0v) is 6.47. The van der Waals surface area contributed by atoms with Crippen LogP contribution in [0.3, 0.4) is 0 Å². The fourth-order valence-electron chi connectivity index (χ4n) is 1.54. The van der Waals surface area contributed by atoms with E-state index in [1.165, 1.54) is 12.8 Å². The summed E-state index contributed by atoms with van der Waals surface area (Å²) >= 11 is 0. The highest BCUT2D eigenvalue weighted by atomic mass is 16.3. The summed E-state index contributed by atoms with van der Waals surface area (Å²) in [5, 5.41) is 9.29. The van der Waals surface area contributed by atoms with E-state index in [9.17, 15) is 9.90 Å². The summed E-state index contributed by atoms with van der Waals surface area (Å²) in [5.74, 6) is 1.24. The van der Waals surface area contributed by atoms with Crippen molar-refractivity contribution in [3.63, 3.8) is 0 Å². The maximum atomic E-state index is 11.1. The van der Waals surface area contributed by atoms with Gasteiger partial charge in [-0.2, -0.15) is 0 Å². The van der Waals surface area contributed by atoms with Crippen molar-refractivity contribution in [1.29, 1.82) is 0 Å². The van der Waals surface area contributed by atoms with Gasteiger partial charge in [-0.05, 0) is 25.2 Å². The topological polar surface area (TPSA) is 37.3 Å². The summed E-state index contributed by atoms with van der Waals surface area (Å²) in [6.07, 6.45) is 4.44. The third-order valence-corrected chi connectivity index (χ3v) is 2.46. The highest BCUT2D eigenvalue weighted by Crippen LogP contribution is 2.38. The maximum absolute atomic E-state index is 11.1. The van der Waals surface area contributed by atoms with Crippen LogP contribution in [0.5, 0.6) is 0 Å². The van der Waals surface area contributed by atoms with Crippen LogP contribution in [-0.4, -0.2) is 10.9 Å². The van der Waals surface area contributed by atoms with Crippen LogP contribution in [0.4, 0.5) is 0 Å². The van der Waals surface area contributed by atoms with Gasteiger partial charge in [-0.25, -0.2) is 0 Å². The lowest BCUT2D eigenvalue weighted by Crippen LogP contribution is -1.97. The number of allylic oxidation sites excluding steroid dienone is 2. The molecule has 1 fully saturated rings. The molecule has 2 nitrogen and oxygen atoms in total. The van der Waals surface area contributed by atoms with E-state index < -0.39 is 0 Å². The predicted molar refractivity (Wildman–Crippen MR) is 41.2 cm³/mol. The highest BCUT2D eigenvalue weighted by Gasteiger charge is 2.29. The van der Waals surface area contributed by atoms with E-state index in [0.717, 1.165) is 12.0 Å². The quantitative estimate of drug-likeness (QED) is 0.656. The zero-order valence-electron chi connectivity index (χ0n) is 6.47. The molecule has 0 heterocycles. The number of hydrogen-bond acceptors (Lipinski definition) is 2. The molecule has 0 aromatic carbocycles. The molecule has 1 N–H and O–H groups in total. The molecule has 2 aliphatic carbocycles. The lowest BCUT2D eigenvalue weighted by Gasteiger charge is -1.97. The number of Topliss-reactive ketones (excluding diaryl/α,β-unsaturated/α-hetero) is 1. The SMILES string of the molecule is O=C1CCC(O)=C1CC1CC1. The minimum atomic E-state index is 0.175. The molecule has 0 aromatic heterocycles. The first kappa shape index (κ1) is 6.89. The number of rotatable bonds is 2. The van der Waals surface area contributed by atoms with Crippen LogP contribution in [0.1, 0.15) is 32.1 Å². The smallest absolute Gasteiger partial charge is 0.162 e. The van der Waals surface area contributed by atoms with E-state index in [-0.39, 0.29) is 5.78 Å². The fourth-order valence-corrected chi connectivity index (χ4v) is 1.54. The Labute approximate surface area is 65.9 Å². The largest absolute Gasteiger partial charge is 0.512 e. The lowest BCUT2D eigenvalue weighted by molar-refractivity contribution is -0.115. The normalized spacial score (nSPS) is 24.9. The summed E-state index contributed by atoms with van der Waals surface area (Å²) in [5.41, 5.74) is 0.729. The Morgan fingerprint density at radius 2 is 2.09 bits per heavy atom. The van der Waals surface area contributed by atoms with Crippen molar-refractivity contribution in [3.05, 3.63) is 11.3 Å². The van der Waals surface area contributed by atoms with Gasteiger partial charge in [0.15, 0.2) is 5.78 Å². The van der Waals surface area contributed by atoms with Gasteiger partial charge in [-0.3, -0.25) is 4.79 Å². The molecular weight excluding hydrogens is 140 g/mol. The van der Waals surface area contributed by atoms with Gasteiger partial charge < -0.3 is 5.11 Å². The van der Waals surface area contributed by atoms with Crippen molar-refractivity contribution < 1.29 is 9.90 Å². The molecule has 0 saturated heterocycles. The summed E-state index contributed by atoms with van der Waals surface area (Å²) in [7, 11) is 0. The van der Waals surface area contributed by atoms with Gasteiger partial charge in [0.05, 0.1) is 5.76 Å². The average molecular weight is 152 g/mol. The van der Waals surface area contributed by atoms with Gasteiger partial charge in [0.1, 0.15) is 0 Å².